The predicted molar refractivity (Wildman–Crippen MR) is 75.1 cm³/mol. The lowest BCUT2D eigenvalue weighted by molar-refractivity contribution is 0.251. The first kappa shape index (κ1) is 12.3. The zero-order valence-electron chi connectivity index (χ0n) is 10.9. The Morgan fingerprint density at radius 1 is 1.37 bits per heavy atom. The maximum Gasteiger partial charge on any atom is 0.298 e. The smallest absolute Gasteiger partial charge is 0.298 e. The number of fused-ring (bicyclic) bond motifs is 1. The molecule has 1 saturated heterocycles. The molecule has 0 radical (unpaired) electrons. The van der Waals surface area contributed by atoms with Gasteiger partial charge in [-0.25, -0.2) is 0 Å². The van der Waals surface area contributed by atoms with Crippen molar-refractivity contribution < 1.29 is 9.52 Å². The molecule has 1 aliphatic rings. The van der Waals surface area contributed by atoms with Gasteiger partial charge in [0.05, 0.1) is 18.3 Å². The van der Waals surface area contributed by atoms with E-state index in [-0.39, 0.29) is 12.6 Å². The fourth-order valence-electron chi connectivity index (χ4n) is 2.70. The first-order valence-corrected chi connectivity index (χ1v) is 6.82. The maximum atomic E-state index is 9.54. The molecule has 2 aromatic rings. The number of nitrogens with two attached hydrogens (primary N) is 1. The number of anilines is 2. The first-order valence-electron chi connectivity index (χ1n) is 6.82. The SMILES string of the molecule is Nc1cccc2oc(N3CCCCCC3CO)nc12. The van der Waals surface area contributed by atoms with Gasteiger partial charge in [0.1, 0.15) is 5.52 Å². The third-order valence-electron chi connectivity index (χ3n) is 3.77. The molecule has 0 bridgehead atoms. The summed E-state index contributed by atoms with van der Waals surface area (Å²) in [6.45, 7) is 1.01. The second kappa shape index (κ2) is 5.09. The van der Waals surface area contributed by atoms with E-state index in [4.69, 9.17) is 10.2 Å². The van der Waals surface area contributed by atoms with Crippen molar-refractivity contribution in [1.29, 1.82) is 0 Å². The minimum atomic E-state index is 0.0942. The van der Waals surface area contributed by atoms with Crippen molar-refractivity contribution in [2.45, 2.75) is 31.7 Å². The van der Waals surface area contributed by atoms with Crippen LogP contribution in [0, 0.1) is 0 Å². The Hall–Kier alpha value is -1.75. The molecule has 1 aliphatic heterocycles. The van der Waals surface area contributed by atoms with Crippen molar-refractivity contribution in [2.24, 2.45) is 0 Å². The minimum Gasteiger partial charge on any atom is -0.423 e. The van der Waals surface area contributed by atoms with Crippen LogP contribution in [0.5, 0.6) is 0 Å². The lowest BCUT2D eigenvalue weighted by Gasteiger charge is -2.26. The van der Waals surface area contributed by atoms with Crippen LogP contribution >= 0.6 is 0 Å². The quantitative estimate of drug-likeness (QED) is 0.810. The number of aliphatic hydroxyl groups excluding tert-OH is 1. The summed E-state index contributed by atoms with van der Waals surface area (Å²) in [5.74, 6) is 0. The van der Waals surface area contributed by atoms with E-state index in [1.807, 2.05) is 18.2 Å². The molecule has 0 aliphatic carbocycles. The molecular weight excluding hydrogens is 242 g/mol. The van der Waals surface area contributed by atoms with E-state index in [1.165, 1.54) is 6.42 Å². The van der Waals surface area contributed by atoms with Gasteiger partial charge in [-0.3, -0.25) is 0 Å². The zero-order valence-corrected chi connectivity index (χ0v) is 10.9. The monoisotopic (exact) mass is 261 g/mol. The van der Waals surface area contributed by atoms with Crippen molar-refractivity contribution in [3.8, 4) is 0 Å². The van der Waals surface area contributed by atoms with Crippen LogP contribution in [-0.4, -0.2) is 29.3 Å². The number of rotatable bonds is 2. The summed E-state index contributed by atoms with van der Waals surface area (Å²) in [5, 5.41) is 9.54. The Kier molecular flexibility index (Phi) is 3.29. The highest BCUT2D eigenvalue weighted by Crippen LogP contribution is 2.29. The van der Waals surface area contributed by atoms with Gasteiger partial charge in [0.2, 0.25) is 0 Å². The van der Waals surface area contributed by atoms with Crippen LogP contribution in [0.4, 0.5) is 11.7 Å². The Morgan fingerprint density at radius 2 is 2.26 bits per heavy atom. The van der Waals surface area contributed by atoms with Gasteiger partial charge in [0.15, 0.2) is 5.58 Å². The Balaban J connectivity index is 1.99. The van der Waals surface area contributed by atoms with Gasteiger partial charge < -0.3 is 20.2 Å². The molecule has 2 heterocycles. The fraction of sp³-hybridized carbons (Fsp3) is 0.500. The molecule has 5 nitrogen and oxygen atoms in total. The van der Waals surface area contributed by atoms with Gasteiger partial charge in [-0.2, -0.15) is 4.98 Å². The van der Waals surface area contributed by atoms with Gasteiger partial charge in [0.25, 0.3) is 6.01 Å². The number of nitrogens with zero attached hydrogens (tertiary/aromatic N) is 2. The van der Waals surface area contributed by atoms with E-state index in [9.17, 15) is 5.11 Å². The largest absolute Gasteiger partial charge is 0.423 e. The van der Waals surface area contributed by atoms with Crippen molar-refractivity contribution in [3.63, 3.8) is 0 Å². The van der Waals surface area contributed by atoms with E-state index in [0.29, 0.717) is 22.8 Å². The first-order chi connectivity index (χ1) is 9.29. The highest BCUT2D eigenvalue weighted by atomic mass is 16.4. The van der Waals surface area contributed by atoms with Crippen molar-refractivity contribution in [1.82, 2.24) is 4.98 Å². The molecule has 102 valence electrons. The van der Waals surface area contributed by atoms with Crippen LogP contribution in [0.15, 0.2) is 22.6 Å². The highest BCUT2D eigenvalue weighted by molar-refractivity contribution is 5.86. The Bertz CT molecular complexity index is 567. The minimum absolute atomic E-state index is 0.0942. The third kappa shape index (κ3) is 2.26. The van der Waals surface area contributed by atoms with E-state index >= 15 is 0 Å². The number of nitrogen functional groups attached to an aromatic ring is 1. The second-order valence-corrected chi connectivity index (χ2v) is 5.07. The van der Waals surface area contributed by atoms with Crippen molar-refractivity contribution >= 4 is 22.8 Å². The number of aromatic nitrogens is 1. The summed E-state index contributed by atoms with van der Waals surface area (Å²) in [4.78, 5) is 6.57. The molecule has 1 unspecified atom stereocenters. The molecule has 1 aromatic carbocycles. The van der Waals surface area contributed by atoms with Gasteiger partial charge in [-0.15, -0.1) is 0 Å². The zero-order chi connectivity index (χ0) is 13.2. The maximum absolute atomic E-state index is 9.54. The van der Waals surface area contributed by atoms with Crippen molar-refractivity contribution in [2.75, 3.05) is 23.8 Å². The number of hydrogen-bond acceptors (Lipinski definition) is 5. The van der Waals surface area contributed by atoms with E-state index in [2.05, 4.69) is 9.88 Å². The fourth-order valence-corrected chi connectivity index (χ4v) is 2.70. The van der Waals surface area contributed by atoms with Crippen LogP contribution in [0.2, 0.25) is 0 Å². The van der Waals surface area contributed by atoms with Crippen LogP contribution in [-0.2, 0) is 0 Å². The molecule has 3 N–H and O–H groups in total. The third-order valence-corrected chi connectivity index (χ3v) is 3.77. The summed E-state index contributed by atoms with van der Waals surface area (Å²) in [6.07, 6.45) is 4.41. The van der Waals surface area contributed by atoms with E-state index in [1.54, 1.807) is 0 Å². The standard InChI is InChI=1S/C14H19N3O2/c15-11-6-4-7-12-13(11)16-14(19-12)17-8-3-1-2-5-10(17)9-18/h4,6-7,10,18H,1-3,5,8-9,15H2. The van der Waals surface area contributed by atoms with Crippen LogP contribution < -0.4 is 10.6 Å². The summed E-state index contributed by atoms with van der Waals surface area (Å²) >= 11 is 0. The molecular formula is C14H19N3O2. The normalized spacial score (nSPS) is 20.7. The molecule has 0 spiro atoms. The Labute approximate surface area is 112 Å². The average Bonchev–Trinajstić information content (AvgIpc) is 2.71. The van der Waals surface area contributed by atoms with Gasteiger partial charge in [-0.1, -0.05) is 18.9 Å². The molecule has 3 rings (SSSR count). The summed E-state index contributed by atoms with van der Waals surface area (Å²) < 4.78 is 5.80. The molecule has 19 heavy (non-hydrogen) atoms. The molecule has 5 heteroatoms. The van der Waals surface area contributed by atoms with Gasteiger partial charge in [0, 0.05) is 6.54 Å². The predicted octanol–water partition coefficient (Wildman–Crippen LogP) is 2.15. The number of oxazole rings is 1. The number of benzene rings is 1. The average molecular weight is 261 g/mol. The molecule has 1 aromatic heterocycles. The van der Waals surface area contributed by atoms with Crippen LogP contribution in [0.1, 0.15) is 25.7 Å². The van der Waals surface area contributed by atoms with Gasteiger partial charge >= 0.3 is 0 Å². The second-order valence-electron chi connectivity index (χ2n) is 5.07. The van der Waals surface area contributed by atoms with Crippen LogP contribution in [0.25, 0.3) is 11.1 Å². The summed E-state index contributed by atoms with van der Waals surface area (Å²) in [7, 11) is 0. The Morgan fingerprint density at radius 3 is 3.05 bits per heavy atom. The molecule has 0 saturated carbocycles. The van der Waals surface area contributed by atoms with Crippen LogP contribution in [0.3, 0.4) is 0 Å². The summed E-state index contributed by atoms with van der Waals surface area (Å²) in [5.41, 5.74) is 7.95. The molecule has 1 atom stereocenters. The lowest BCUT2D eigenvalue weighted by atomic mass is 10.1. The molecule has 0 amide bonds. The number of para-hydroxylation sites is 1. The lowest BCUT2D eigenvalue weighted by Crippen LogP contribution is -2.37. The van der Waals surface area contributed by atoms with Crippen molar-refractivity contribution in [3.05, 3.63) is 18.2 Å². The highest BCUT2D eigenvalue weighted by Gasteiger charge is 2.24. The topological polar surface area (TPSA) is 75.5 Å². The van der Waals surface area contributed by atoms with E-state index in [0.717, 1.165) is 25.8 Å². The number of aliphatic hydroxyl groups is 1. The molecule has 1 fully saturated rings. The van der Waals surface area contributed by atoms with Gasteiger partial charge in [-0.05, 0) is 25.0 Å². The summed E-state index contributed by atoms with van der Waals surface area (Å²) in [6, 6.07) is 6.22. The van der Waals surface area contributed by atoms with E-state index < -0.39 is 0 Å². The number of hydrogen-bond donors (Lipinski definition) is 2.